The maximum Gasteiger partial charge on any atom is 0.128 e. The number of likely N-dealkylation sites (N-methyl/N-ethyl adjacent to an activating group) is 1. The molecule has 0 aromatic heterocycles. The largest absolute Gasteiger partial charge is 0.314 e. The summed E-state index contributed by atoms with van der Waals surface area (Å²) in [7, 11) is 2.01. The Balaban J connectivity index is 2.30. The summed E-state index contributed by atoms with van der Waals surface area (Å²) in [4.78, 5) is 2.14. The first-order valence-electron chi connectivity index (χ1n) is 5.04. The van der Waals surface area contributed by atoms with Crippen LogP contribution in [-0.2, 0) is 0 Å². The predicted molar refractivity (Wildman–Crippen MR) is 59.7 cm³/mol. The number of nitrogens with one attached hydrogen (secondary N) is 1. The molecule has 0 radical (unpaired) electrons. The Bertz CT molecular complexity index is 356. The minimum atomic E-state index is -0.181. The van der Waals surface area contributed by atoms with Gasteiger partial charge in [0.1, 0.15) is 5.82 Å². The Morgan fingerprint density at radius 2 is 2.33 bits per heavy atom. The van der Waals surface area contributed by atoms with Crippen LogP contribution in [0.1, 0.15) is 11.6 Å². The number of piperazine rings is 1. The molecule has 0 aliphatic carbocycles. The van der Waals surface area contributed by atoms with Gasteiger partial charge in [-0.25, -0.2) is 4.39 Å². The fraction of sp³-hybridized carbons (Fsp3) is 0.455. The second-order valence-electron chi connectivity index (χ2n) is 3.87. The molecule has 2 nitrogen and oxygen atoms in total. The molecule has 0 saturated carbocycles. The Kier molecular flexibility index (Phi) is 3.24. The molecule has 1 saturated heterocycles. The third-order valence-corrected chi connectivity index (χ3v) is 3.06. The first-order chi connectivity index (χ1) is 7.18. The average Bonchev–Trinajstić information content (AvgIpc) is 2.23. The Labute approximate surface area is 94.0 Å². The van der Waals surface area contributed by atoms with E-state index in [1.54, 1.807) is 12.1 Å². The van der Waals surface area contributed by atoms with Gasteiger partial charge in [-0.2, -0.15) is 0 Å². The first-order valence-corrected chi connectivity index (χ1v) is 5.42. The summed E-state index contributed by atoms with van der Waals surface area (Å²) in [6.45, 7) is 2.65. The highest BCUT2D eigenvalue weighted by Crippen LogP contribution is 2.25. The van der Waals surface area contributed by atoms with Gasteiger partial charge in [0.05, 0.1) is 0 Å². The molecule has 1 aliphatic heterocycles. The van der Waals surface area contributed by atoms with Crippen molar-refractivity contribution in [3.8, 4) is 0 Å². The molecule has 1 unspecified atom stereocenters. The third-order valence-electron chi connectivity index (χ3n) is 2.83. The number of nitrogens with zero attached hydrogens (tertiary/aromatic N) is 1. The number of hydrogen-bond donors (Lipinski definition) is 1. The smallest absolute Gasteiger partial charge is 0.128 e. The molecule has 82 valence electrons. The van der Waals surface area contributed by atoms with Crippen molar-refractivity contribution < 1.29 is 4.39 Å². The van der Waals surface area contributed by atoms with Crippen LogP contribution in [0.25, 0.3) is 0 Å². The fourth-order valence-corrected chi connectivity index (χ4v) is 2.10. The van der Waals surface area contributed by atoms with E-state index in [2.05, 4.69) is 10.2 Å². The lowest BCUT2D eigenvalue weighted by atomic mass is 10.0. The molecule has 1 N–H and O–H groups in total. The Hall–Kier alpha value is -0.640. The van der Waals surface area contributed by atoms with Crippen LogP contribution in [0.5, 0.6) is 0 Å². The maximum absolute atomic E-state index is 13.6. The highest BCUT2D eigenvalue weighted by atomic mass is 35.5. The van der Waals surface area contributed by atoms with Crippen LogP contribution in [0.15, 0.2) is 18.2 Å². The van der Waals surface area contributed by atoms with Crippen molar-refractivity contribution in [1.82, 2.24) is 10.2 Å². The summed E-state index contributed by atoms with van der Waals surface area (Å²) in [5.41, 5.74) is 0.678. The molecule has 1 heterocycles. The minimum Gasteiger partial charge on any atom is -0.314 e. The second kappa shape index (κ2) is 4.47. The molecular weight excluding hydrogens is 215 g/mol. The van der Waals surface area contributed by atoms with Crippen molar-refractivity contribution in [3.63, 3.8) is 0 Å². The van der Waals surface area contributed by atoms with Crippen LogP contribution in [-0.4, -0.2) is 31.6 Å². The molecule has 0 spiro atoms. The summed E-state index contributed by atoms with van der Waals surface area (Å²) in [6.07, 6.45) is 0. The molecule has 15 heavy (non-hydrogen) atoms. The van der Waals surface area contributed by atoms with Gasteiger partial charge in [0.25, 0.3) is 0 Å². The van der Waals surface area contributed by atoms with Crippen molar-refractivity contribution in [2.75, 3.05) is 26.7 Å². The van der Waals surface area contributed by atoms with Gasteiger partial charge in [-0.3, -0.25) is 4.90 Å². The van der Waals surface area contributed by atoms with Crippen molar-refractivity contribution in [1.29, 1.82) is 0 Å². The maximum atomic E-state index is 13.6. The third kappa shape index (κ3) is 2.30. The van der Waals surface area contributed by atoms with Crippen molar-refractivity contribution in [2.24, 2.45) is 0 Å². The van der Waals surface area contributed by atoms with E-state index in [4.69, 9.17) is 11.6 Å². The lowest BCUT2D eigenvalue weighted by Gasteiger charge is -2.33. The number of halogens is 2. The summed E-state index contributed by atoms with van der Waals surface area (Å²) in [5.74, 6) is -0.181. The quantitative estimate of drug-likeness (QED) is 0.792. The summed E-state index contributed by atoms with van der Waals surface area (Å²) >= 11 is 5.88. The van der Waals surface area contributed by atoms with E-state index >= 15 is 0 Å². The highest BCUT2D eigenvalue weighted by molar-refractivity contribution is 6.30. The average molecular weight is 229 g/mol. The van der Waals surface area contributed by atoms with Gasteiger partial charge in [0.15, 0.2) is 0 Å². The van der Waals surface area contributed by atoms with Crippen LogP contribution in [0.4, 0.5) is 4.39 Å². The van der Waals surface area contributed by atoms with Crippen LogP contribution in [0, 0.1) is 5.82 Å². The minimum absolute atomic E-state index is 0.0810. The number of rotatable bonds is 1. The fourth-order valence-electron chi connectivity index (χ4n) is 1.92. The van der Waals surface area contributed by atoms with E-state index in [1.807, 2.05) is 7.05 Å². The van der Waals surface area contributed by atoms with E-state index in [1.165, 1.54) is 6.07 Å². The topological polar surface area (TPSA) is 15.3 Å². The van der Waals surface area contributed by atoms with Gasteiger partial charge in [0.2, 0.25) is 0 Å². The number of hydrogen-bond acceptors (Lipinski definition) is 2. The molecular formula is C11H14ClFN2. The lowest BCUT2D eigenvalue weighted by Crippen LogP contribution is -2.44. The van der Waals surface area contributed by atoms with Crippen LogP contribution in [0.2, 0.25) is 5.02 Å². The zero-order valence-electron chi connectivity index (χ0n) is 8.63. The summed E-state index contributed by atoms with van der Waals surface area (Å²) in [6, 6.07) is 4.80. The van der Waals surface area contributed by atoms with E-state index in [9.17, 15) is 4.39 Å². The molecule has 1 aromatic carbocycles. The molecule has 0 bridgehead atoms. The Morgan fingerprint density at radius 3 is 3.07 bits per heavy atom. The van der Waals surface area contributed by atoms with Gasteiger partial charge in [0, 0.05) is 36.3 Å². The van der Waals surface area contributed by atoms with Crippen LogP contribution < -0.4 is 5.32 Å². The molecule has 1 aromatic rings. The highest BCUT2D eigenvalue weighted by Gasteiger charge is 2.23. The SMILES string of the molecule is CN1CCNCC1c1cc(Cl)ccc1F. The first kappa shape index (κ1) is 10.9. The second-order valence-corrected chi connectivity index (χ2v) is 4.30. The van der Waals surface area contributed by atoms with Gasteiger partial charge in [-0.05, 0) is 25.2 Å². The van der Waals surface area contributed by atoms with Gasteiger partial charge in [-0.15, -0.1) is 0 Å². The van der Waals surface area contributed by atoms with Gasteiger partial charge >= 0.3 is 0 Å². The Morgan fingerprint density at radius 1 is 1.53 bits per heavy atom. The van der Waals surface area contributed by atoms with Gasteiger partial charge in [-0.1, -0.05) is 11.6 Å². The standard InChI is InChI=1S/C11H14ClFN2/c1-15-5-4-14-7-11(15)9-6-8(12)2-3-10(9)13/h2-3,6,11,14H,4-5,7H2,1H3. The normalized spacial score (nSPS) is 23.0. The summed E-state index contributed by atoms with van der Waals surface area (Å²) < 4.78 is 13.6. The van der Waals surface area contributed by atoms with Crippen molar-refractivity contribution >= 4 is 11.6 Å². The number of benzene rings is 1. The predicted octanol–water partition coefficient (Wildman–Crippen LogP) is 2.06. The van der Waals surface area contributed by atoms with Crippen LogP contribution >= 0.6 is 11.6 Å². The van der Waals surface area contributed by atoms with Crippen LogP contribution in [0.3, 0.4) is 0 Å². The zero-order chi connectivity index (χ0) is 10.8. The van der Waals surface area contributed by atoms with E-state index in [0.717, 1.165) is 19.6 Å². The van der Waals surface area contributed by atoms with Crippen molar-refractivity contribution in [3.05, 3.63) is 34.6 Å². The monoisotopic (exact) mass is 228 g/mol. The van der Waals surface area contributed by atoms with Gasteiger partial charge < -0.3 is 5.32 Å². The molecule has 1 fully saturated rings. The summed E-state index contributed by atoms with van der Waals surface area (Å²) in [5, 5.41) is 3.85. The van der Waals surface area contributed by atoms with E-state index in [0.29, 0.717) is 10.6 Å². The molecule has 1 atom stereocenters. The molecule has 0 amide bonds. The molecule has 2 rings (SSSR count). The molecule has 1 aliphatic rings. The lowest BCUT2D eigenvalue weighted by molar-refractivity contribution is 0.198. The zero-order valence-corrected chi connectivity index (χ0v) is 9.39. The molecule has 4 heteroatoms. The van der Waals surface area contributed by atoms with Crippen molar-refractivity contribution in [2.45, 2.75) is 6.04 Å². The van der Waals surface area contributed by atoms with E-state index < -0.39 is 0 Å². The van der Waals surface area contributed by atoms with E-state index in [-0.39, 0.29) is 11.9 Å².